The van der Waals surface area contributed by atoms with E-state index in [0.717, 1.165) is 0 Å². The second-order valence-electron chi connectivity index (χ2n) is 1.53. The van der Waals surface area contributed by atoms with E-state index in [4.69, 9.17) is 0 Å². The zero-order valence-electron chi connectivity index (χ0n) is 3.70. The average molecular weight is 101 g/mol. The Morgan fingerprint density at radius 2 is 2.29 bits per heavy atom. The minimum absolute atomic E-state index is 0.285. The summed E-state index contributed by atoms with van der Waals surface area (Å²) in [6, 6.07) is -0.361. The predicted octanol–water partition coefficient (Wildman–Crippen LogP) is -0.750. The topological polar surface area (TPSA) is 57.2 Å². The zero-order chi connectivity index (χ0) is 5.28. The van der Waals surface area contributed by atoms with Crippen molar-refractivity contribution in [3.05, 3.63) is 10.1 Å². The molecule has 0 aromatic heterocycles. The number of nitrogens with zero attached hydrogens (tertiary/aromatic N) is 2. The van der Waals surface area contributed by atoms with E-state index in [0.29, 0.717) is 13.1 Å². The highest BCUT2D eigenvalue weighted by molar-refractivity contribution is 4.72. The fourth-order valence-corrected chi connectivity index (χ4v) is 0.378. The maximum absolute atomic E-state index is 9.73. The molecule has 7 heavy (non-hydrogen) atoms. The minimum Gasteiger partial charge on any atom is -0.264 e. The predicted molar refractivity (Wildman–Crippen MR) is 22.7 cm³/mol. The lowest BCUT2D eigenvalue weighted by Crippen LogP contribution is -2.46. The first-order valence-electron chi connectivity index (χ1n) is 2.07. The van der Waals surface area contributed by atoms with Crippen molar-refractivity contribution in [1.29, 1.82) is 0 Å². The molecule has 0 aromatic rings. The molecule has 1 rings (SSSR count). The molecule has 4 nitrogen and oxygen atoms in total. The Labute approximate surface area is 40.7 Å². The van der Waals surface area contributed by atoms with Crippen LogP contribution in [0.4, 0.5) is 0 Å². The standard InChI is InChI=1S/C3H5N2O2/c6-5(7)3-1-4-2-3/h3H,1-2H2. The summed E-state index contributed by atoms with van der Waals surface area (Å²) in [5, 5.41) is 13.4. The molecule has 4 heteroatoms. The summed E-state index contributed by atoms with van der Waals surface area (Å²) in [5.74, 6) is 0. The van der Waals surface area contributed by atoms with Gasteiger partial charge in [-0.3, -0.25) is 10.1 Å². The highest BCUT2D eigenvalue weighted by Crippen LogP contribution is 1.96. The molecular formula is C3H5N2O2. The monoisotopic (exact) mass is 101 g/mol. The largest absolute Gasteiger partial charge is 0.264 e. The van der Waals surface area contributed by atoms with Crippen molar-refractivity contribution in [3.8, 4) is 0 Å². The zero-order valence-corrected chi connectivity index (χ0v) is 3.70. The fourth-order valence-electron chi connectivity index (χ4n) is 0.378. The molecule has 0 amide bonds. The third kappa shape index (κ3) is 0.691. The van der Waals surface area contributed by atoms with Crippen LogP contribution >= 0.6 is 0 Å². The fraction of sp³-hybridized carbons (Fsp3) is 1.00. The van der Waals surface area contributed by atoms with Gasteiger partial charge in [-0.15, -0.1) is 0 Å². The van der Waals surface area contributed by atoms with Gasteiger partial charge in [0.25, 0.3) is 0 Å². The molecule has 0 bridgehead atoms. The van der Waals surface area contributed by atoms with E-state index in [1.165, 1.54) is 0 Å². The van der Waals surface area contributed by atoms with Gasteiger partial charge in [-0.1, -0.05) is 0 Å². The molecule has 1 aliphatic heterocycles. The van der Waals surface area contributed by atoms with Gasteiger partial charge in [0, 0.05) is 4.92 Å². The van der Waals surface area contributed by atoms with Crippen LogP contribution in [-0.2, 0) is 0 Å². The van der Waals surface area contributed by atoms with Crippen molar-refractivity contribution < 1.29 is 4.92 Å². The van der Waals surface area contributed by atoms with Crippen molar-refractivity contribution in [1.82, 2.24) is 5.32 Å². The highest BCUT2D eigenvalue weighted by Gasteiger charge is 2.28. The van der Waals surface area contributed by atoms with Gasteiger partial charge in [-0.25, -0.2) is 5.32 Å². The number of nitro groups is 1. The van der Waals surface area contributed by atoms with Gasteiger partial charge in [-0.2, -0.15) is 0 Å². The Bertz CT molecular complexity index is 88.9. The molecule has 1 fully saturated rings. The lowest BCUT2D eigenvalue weighted by molar-refractivity contribution is -0.529. The normalized spacial score (nSPS) is 21.1. The highest BCUT2D eigenvalue weighted by atomic mass is 16.6. The van der Waals surface area contributed by atoms with Crippen LogP contribution < -0.4 is 5.32 Å². The maximum Gasteiger partial charge on any atom is 0.240 e. The SMILES string of the molecule is O=[N+]([O-])C1C[N]C1. The van der Waals surface area contributed by atoms with Gasteiger partial charge >= 0.3 is 0 Å². The molecule has 0 atom stereocenters. The molecule has 1 aliphatic rings. The van der Waals surface area contributed by atoms with Crippen LogP contribution in [0.25, 0.3) is 0 Å². The van der Waals surface area contributed by atoms with E-state index in [9.17, 15) is 10.1 Å². The van der Waals surface area contributed by atoms with Crippen molar-refractivity contribution >= 4 is 0 Å². The van der Waals surface area contributed by atoms with Crippen molar-refractivity contribution in [2.24, 2.45) is 0 Å². The second-order valence-corrected chi connectivity index (χ2v) is 1.53. The molecule has 0 aromatic carbocycles. The van der Waals surface area contributed by atoms with Crippen LogP contribution in [0.1, 0.15) is 0 Å². The molecule has 1 radical (unpaired) electrons. The molecule has 0 N–H and O–H groups in total. The molecule has 0 spiro atoms. The van der Waals surface area contributed by atoms with Crippen LogP contribution in [-0.4, -0.2) is 24.1 Å². The second kappa shape index (κ2) is 1.46. The minimum atomic E-state index is -0.361. The van der Waals surface area contributed by atoms with E-state index < -0.39 is 0 Å². The maximum atomic E-state index is 9.73. The van der Waals surface area contributed by atoms with E-state index >= 15 is 0 Å². The Hall–Kier alpha value is -0.640. The molecule has 0 saturated carbocycles. The Kier molecular flexibility index (Phi) is 0.941. The van der Waals surface area contributed by atoms with Crippen LogP contribution in [0.5, 0.6) is 0 Å². The summed E-state index contributed by atoms with van der Waals surface area (Å²) in [7, 11) is 0. The summed E-state index contributed by atoms with van der Waals surface area (Å²) < 4.78 is 0. The van der Waals surface area contributed by atoms with Crippen LogP contribution in [0.3, 0.4) is 0 Å². The third-order valence-electron chi connectivity index (χ3n) is 0.978. The van der Waals surface area contributed by atoms with E-state index in [-0.39, 0.29) is 11.0 Å². The van der Waals surface area contributed by atoms with Gasteiger partial charge in [0.05, 0.1) is 13.1 Å². The van der Waals surface area contributed by atoms with Crippen LogP contribution in [0.2, 0.25) is 0 Å². The summed E-state index contributed by atoms with van der Waals surface area (Å²) in [4.78, 5) is 9.44. The molecule has 1 heterocycles. The molecule has 0 aliphatic carbocycles. The number of hydrogen-bond acceptors (Lipinski definition) is 2. The van der Waals surface area contributed by atoms with Gasteiger partial charge in [0.1, 0.15) is 0 Å². The van der Waals surface area contributed by atoms with Crippen molar-refractivity contribution in [3.63, 3.8) is 0 Å². The Balaban J connectivity index is 2.27. The number of rotatable bonds is 1. The van der Waals surface area contributed by atoms with Gasteiger partial charge in [0.2, 0.25) is 6.04 Å². The lowest BCUT2D eigenvalue weighted by atomic mass is 10.2. The van der Waals surface area contributed by atoms with E-state index in [1.54, 1.807) is 0 Å². The first kappa shape index (κ1) is 4.52. The van der Waals surface area contributed by atoms with Crippen molar-refractivity contribution in [2.45, 2.75) is 6.04 Å². The van der Waals surface area contributed by atoms with Crippen molar-refractivity contribution in [2.75, 3.05) is 13.1 Å². The summed E-state index contributed by atoms with van der Waals surface area (Å²) in [5.41, 5.74) is 0. The van der Waals surface area contributed by atoms with Gasteiger partial charge < -0.3 is 0 Å². The van der Waals surface area contributed by atoms with E-state index in [2.05, 4.69) is 5.32 Å². The third-order valence-corrected chi connectivity index (χ3v) is 0.978. The summed E-state index contributed by atoms with van der Waals surface area (Å²) >= 11 is 0. The summed E-state index contributed by atoms with van der Waals surface area (Å²) in [6.45, 7) is 0.847. The number of hydrogen-bond donors (Lipinski definition) is 0. The first-order valence-corrected chi connectivity index (χ1v) is 2.07. The summed E-state index contributed by atoms with van der Waals surface area (Å²) in [6.07, 6.45) is 0. The van der Waals surface area contributed by atoms with Crippen LogP contribution in [0.15, 0.2) is 0 Å². The average Bonchev–Trinajstić information content (AvgIpc) is 1.23. The Morgan fingerprint density at radius 3 is 2.29 bits per heavy atom. The van der Waals surface area contributed by atoms with Gasteiger partial charge in [0.15, 0.2) is 0 Å². The Morgan fingerprint density at radius 1 is 1.71 bits per heavy atom. The van der Waals surface area contributed by atoms with E-state index in [1.807, 2.05) is 0 Å². The smallest absolute Gasteiger partial charge is 0.240 e. The first-order chi connectivity index (χ1) is 3.30. The van der Waals surface area contributed by atoms with Gasteiger partial charge in [-0.05, 0) is 0 Å². The molecule has 1 saturated heterocycles. The quantitative estimate of drug-likeness (QED) is 0.322. The molecule has 39 valence electrons. The lowest BCUT2D eigenvalue weighted by Gasteiger charge is -2.15. The molecular weight excluding hydrogens is 96.0 g/mol. The van der Waals surface area contributed by atoms with Crippen LogP contribution in [0, 0.1) is 10.1 Å². The molecule has 0 unspecified atom stereocenters.